The lowest BCUT2D eigenvalue weighted by atomic mass is 9.70. The van der Waals surface area contributed by atoms with Crippen LogP contribution >= 0.6 is 0 Å². The summed E-state index contributed by atoms with van der Waals surface area (Å²) in [6, 6.07) is -0.637. The quantitative estimate of drug-likeness (QED) is 0.734. The Kier molecular flexibility index (Phi) is 3.35. The fourth-order valence-electron chi connectivity index (χ4n) is 2.22. The van der Waals surface area contributed by atoms with Gasteiger partial charge in [0.25, 0.3) is 0 Å². The molecule has 1 fully saturated rings. The highest BCUT2D eigenvalue weighted by Gasteiger charge is 2.54. The summed E-state index contributed by atoms with van der Waals surface area (Å²) in [5, 5.41) is 2.24. The zero-order chi connectivity index (χ0) is 12.5. The largest absolute Gasteiger partial charge is 0.330 e. The van der Waals surface area contributed by atoms with Gasteiger partial charge in [-0.05, 0) is 12.3 Å². The molecular formula is C11H18N2O3. The lowest BCUT2D eigenvalue weighted by Crippen LogP contribution is -2.64. The Morgan fingerprint density at radius 1 is 1.31 bits per heavy atom. The molecule has 0 aromatic carbocycles. The number of amides is 4. The Labute approximate surface area is 95.2 Å². The minimum atomic E-state index is -1.09. The van der Waals surface area contributed by atoms with Gasteiger partial charge in [0.1, 0.15) is 5.41 Å². The van der Waals surface area contributed by atoms with E-state index in [9.17, 15) is 14.4 Å². The van der Waals surface area contributed by atoms with Crippen LogP contribution in [0.5, 0.6) is 0 Å². The predicted molar refractivity (Wildman–Crippen MR) is 58.5 cm³/mol. The fraction of sp³-hybridized carbons (Fsp3) is 0.727. The Morgan fingerprint density at radius 3 is 2.31 bits per heavy atom. The normalized spacial score (nSPS) is 28.0. The van der Waals surface area contributed by atoms with Crippen LogP contribution in [0.15, 0.2) is 0 Å². The Balaban J connectivity index is 3.21. The van der Waals surface area contributed by atoms with Gasteiger partial charge in [0.15, 0.2) is 0 Å². The van der Waals surface area contributed by atoms with Crippen LogP contribution in [-0.4, -0.2) is 29.8 Å². The van der Waals surface area contributed by atoms with Crippen LogP contribution in [0.4, 0.5) is 4.79 Å². The van der Waals surface area contributed by atoms with Crippen LogP contribution in [0.1, 0.15) is 33.6 Å². The van der Waals surface area contributed by atoms with Gasteiger partial charge < -0.3 is 0 Å². The van der Waals surface area contributed by atoms with Gasteiger partial charge in [0.05, 0.1) is 0 Å². The third-order valence-corrected chi connectivity index (χ3v) is 3.63. The van der Waals surface area contributed by atoms with Gasteiger partial charge in [0.2, 0.25) is 11.8 Å². The highest BCUT2D eigenvalue weighted by molar-refractivity contribution is 6.19. The van der Waals surface area contributed by atoms with E-state index >= 15 is 0 Å². The number of imide groups is 2. The van der Waals surface area contributed by atoms with Gasteiger partial charge in [-0.25, -0.2) is 4.79 Å². The van der Waals surface area contributed by atoms with Crippen molar-refractivity contribution in [2.45, 2.75) is 33.6 Å². The maximum Gasteiger partial charge on any atom is 0.330 e. The Bertz CT molecular complexity index is 340. The van der Waals surface area contributed by atoms with Crippen molar-refractivity contribution in [1.29, 1.82) is 0 Å². The van der Waals surface area contributed by atoms with Crippen molar-refractivity contribution in [3.63, 3.8) is 0 Å². The molecule has 1 rings (SSSR count). The second-order valence-corrected chi connectivity index (χ2v) is 4.26. The van der Waals surface area contributed by atoms with Crippen molar-refractivity contribution in [1.82, 2.24) is 10.2 Å². The van der Waals surface area contributed by atoms with Gasteiger partial charge >= 0.3 is 6.03 Å². The zero-order valence-corrected chi connectivity index (χ0v) is 10.2. The number of nitrogens with one attached hydrogen (secondary N) is 1. The summed E-state index contributed by atoms with van der Waals surface area (Å²) < 4.78 is 0. The lowest BCUT2D eigenvalue weighted by molar-refractivity contribution is -0.154. The molecule has 2 atom stereocenters. The van der Waals surface area contributed by atoms with Crippen LogP contribution in [0, 0.1) is 11.3 Å². The van der Waals surface area contributed by atoms with E-state index in [1.807, 2.05) is 13.8 Å². The second kappa shape index (κ2) is 4.23. The van der Waals surface area contributed by atoms with E-state index in [0.29, 0.717) is 6.42 Å². The smallest absolute Gasteiger partial charge is 0.277 e. The summed E-state index contributed by atoms with van der Waals surface area (Å²) in [5.74, 6) is -0.934. The number of rotatable bonds is 3. The van der Waals surface area contributed by atoms with Crippen LogP contribution in [0.2, 0.25) is 0 Å². The average molecular weight is 226 g/mol. The molecule has 0 bridgehead atoms. The van der Waals surface area contributed by atoms with Gasteiger partial charge in [-0.15, -0.1) is 0 Å². The fourth-order valence-corrected chi connectivity index (χ4v) is 2.22. The number of carbonyl (C=O) groups is 3. The molecule has 0 unspecified atom stereocenters. The van der Waals surface area contributed by atoms with E-state index in [2.05, 4.69) is 5.32 Å². The highest BCUT2D eigenvalue weighted by atomic mass is 16.2. The molecule has 0 aromatic rings. The van der Waals surface area contributed by atoms with E-state index < -0.39 is 23.3 Å². The number of hydrogen-bond acceptors (Lipinski definition) is 3. The van der Waals surface area contributed by atoms with Gasteiger partial charge in [-0.1, -0.05) is 27.2 Å². The van der Waals surface area contributed by atoms with Crippen LogP contribution in [-0.2, 0) is 9.59 Å². The summed E-state index contributed by atoms with van der Waals surface area (Å²) in [6.07, 6.45) is 1.12. The van der Waals surface area contributed by atoms with Gasteiger partial charge in [-0.2, -0.15) is 0 Å². The number of nitrogens with zero attached hydrogens (tertiary/aromatic N) is 1. The molecule has 90 valence electrons. The van der Waals surface area contributed by atoms with Gasteiger partial charge in [0, 0.05) is 7.05 Å². The Hall–Kier alpha value is -1.39. The molecule has 1 N–H and O–H groups in total. The summed E-state index contributed by atoms with van der Waals surface area (Å²) in [5.41, 5.74) is -1.09. The molecule has 0 spiro atoms. The van der Waals surface area contributed by atoms with E-state index in [0.717, 1.165) is 11.3 Å². The monoisotopic (exact) mass is 226 g/mol. The molecule has 5 nitrogen and oxygen atoms in total. The molecule has 0 saturated carbocycles. The minimum Gasteiger partial charge on any atom is -0.277 e. The van der Waals surface area contributed by atoms with Crippen molar-refractivity contribution in [2.75, 3.05) is 7.05 Å². The minimum absolute atomic E-state index is 0.0828. The summed E-state index contributed by atoms with van der Waals surface area (Å²) >= 11 is 0. The first-order valence-corrected chi connectivity index (χ1v) is 5.55. The average Bonchev–Trinajstić information content (AvgIpc) is 2.27. The van der Waals surface area contributed by atoms with Crippen molar-refractivity contribution < 1.29 is 14.4 Å². The second-order valence-electron chi connectivity index (χ2n) is 4.26. The molecule has 4 amide bonds. The first-order chi connectivity index (χ1) is 7.41. The lowest BCUT2D eigenvalue weighted by Gasteiger charge is -2.40. The molecule has 1 aliphatic rings. The first-order valence-electron chi connectivity index (χ1n) is 5.55. The maximum atomic E-state index is 12.1. The third kappa shape index (κ3) is 1.50. The topological polar surface area (TPSA) is 66.5 Å². The van der Waals surface area contributed by atoms with Crippen molar-refractivity contribution in [3.8, 4) is 0 Å². The predicted octanol–water partition coefficient (Wildman–Crippen LogP) is 1.14. The van der Waals surface area contributed by atoms with E-state index in [1.54, 1.807) is 6.92 Å². The summed E-state index contributed by atoms with van der Waals surface area (Å²) in [7, 11) is 1.40. The molecular weight excluding hydrogens is 208 g/mol. The van der Waals surface area contributed by atoms with E-state index in [1.165, 1.54) is 7.05 Å². The zero-order valence-electron chi connectivity index (χ0n) is 10.2. The van der Waals surface area contributed by atoms with Crippen molar-refractivity contribution >= 4 is 17.8 Å². The molecule has 0 aliphatic carbocycles. The first kappa shape index (κ1) is 12.7. The number of hydrogen-bond donors (Lipinski definition) is 1. The molecule has 1 aliphatic heterocycles. The van der Waals surface area contributed by atoms with Gasteiger partial charge in [-0.3, -0.25) is 19.8 Å². The summed E-state index contributed by atoms with van der Waals surface area (Å²) in [4.78, 5) is 36.4. The molecule has 5 heteroatoms. The third-order valence-electron chi connectivity index (χ3n) is 3.63. The number of urea groups is 1. The molecule has 16 heavy (non-hydrogen) atoms. The van der Waals surface area contributed by atoms with Crippen LogP contribution < -0.4 is 5.32 Å². The SMILES string of the molecule is CC[C@@H](C)[C@]1(CC)C(=O)NC(=O)N(C)C1=O. The van der Waals surface area contributed by atoms with Crippen LogP contribution in [0.3, 0.4) is 0 Å². The van der Waals surface area contributed by atoms with E-state index in [-0.39, 0.29) is 5.92 Å². The Morgan fingerprint density at radius 2 is 1.88 bits per heavy atom. The molecule has 1 saturated heterocycles. The molecule has 0 aromatic heterocycles. The standard InChI is InChI=1S/C11H18N2O3/c1-5-7(3)11(6-2)8(14)12-10(16)13(4)9(11)15/h7H,5-6H2,1-4H3,(H,12,14,16)/t7-,11-/m1/s1. The molecule has 1 heterocycles. The maximum absolute atomic E-state index is 12.1. The number of carbonyl (C=O) groups excluding carboxylic acids is 3. The molecule has 0 radical (unpaired) electrons. The van der Waals surface area contributed by atoms with E-state index in [4.69, 9.17) is 0 Å². The highest BCUT2D eigenvalue weighted by Crippen LogP contribution is 2.37. The van der Waals surface area contributed by atoms with Crippen LogP contribution in [0.25, 0.3) is 0 Å². The van der Waals surface area contributed by atoms with Crippen molar-refractivity contribution in [3.05, 3.63) is 0 Å². The van der Waals surface area contributed by atoms with Crippen molar-refractivity contribution in [2.24, 2.45) is 11.3 Å². The number of barbiturate groups is 1. The summed E-state index contributed by atoms with van der Waals surface area (Å²) in [6.45, 7) is 5.59.